The maximum Gasteiger partial charge on any atom is 0.0459 e. The van der Waals surface area contributed by atoms with Gasteiger partial charge in [-0.25, -0.2) is 0 Å². The fourth-order valence-corrected chi connectivity index (χ4v) is 1.43. The topological polar surface area (TPSA) is 12.0 Å². The summed E-state index contributed by atoms with van der Waals surface area (Å²) in [4.78, 5) is 0. The van der Waals surface area contributed by atoms with E-state index in [0.29, 0.717) is 0 Å². The van der Waals surface area contributed by atoms with Crippen molar-refractivity contribution in [2.75, 3.05) is 5.32 Å². The van der Waals surface area contributed by atoms with Crippen LogP contribution in [0.15, 0.2) is 60.7 Å². The predicted molar refractivity (Wildman–Crippen MR) is 78.1 cm³/mol. The minimum absolute atomic E-state index is 0.958. The van der Waals surface area contributed by atoms with Gasteiger partial charge in [0, 0.05) is 15.3 Å². The van der Waals surface area contributed by atoms with Crippen molar-refractivity contribution < 1.29 is 0 Å². The lowest BCUT2D eigenvalue weighted by Gasteiger charge is -1.93. The van der Waals surface area contributed by atoms with Crippen molar-refractivity contribution >= 4 is 28.3 Å². The minimum atomic E-state index is 0.958. The van der Waals surface area contributed by atoms with Gasteiger partial charge < -0.3 is 5.32 Å². The van der Waals surface area contributed by atoms with Crippen molar-refractivity contribution in [3.8, 4) is 12.5 Å². The zero-order valence-corrected chi connectivity index (χ0v) is 10.9. The summed E-state index contributed by atoms with van der Waals surface area (Å²) in [5.41, 5.74) is 0.958. The first kappa shape index (κ1) is 12.6. The van der Waals surface area contributed by atoms with Crippen LogP contribution in [0.3, 0.4) is 0 Å². The van der Waals surface area contributed by atoms with Crippen LogP contribution in [0.25, 0.3) is 0 Å². The standard InChI is InChI=1S/C8H7N.C6H5I/c1-2-9-8-6-4-3-5-7-8;7-6-4-2-1-3-5-6/h1,3-7,9H;1-5H. The number of hydrogen-bond donors (Lipinski definition) is 1. The average Bonchev–Trinajstić information content (AvgIpc) is 2.33. The Labute approximate surface area is 110 Å². The number of hydrogen-bond acceptors (Lipinski definition) is 1. The molecule has 0 atom stereocenters. The first-order valence-corrected chi connectivity index (χ1v) is 5.88. The molecule has 1 nitrogen and oxygen atoms in total. The lowest BCUT2D eigenvalue weighted by molar-refractivity contribution is 1.63. The van der Waals surface area contributed by atoms with Crippen molar-refractivity contribution in [3.63, 3.8) is 0 Å². The van der Waals surface area contributed by atoms with Gasteiger partial charge in [-0.15, -0.1) is 0 Å². The number of benzene rings is 2. The van der Waals surface area contributed by atoms with Gasteiger partial charge >= 0.3 is 0 Å². The molecule has 2 heteroatoms. The van der Waals surface area contributed by atoms with E-state index in [-0.39, 0.29) is 0 Å². The Morgan fingerprint density at radius 3 is 1.75 bits per heavy atom. The number of para-hydroxylation sites is 1. The molecule has 0 amide bonds. The predicted octanol–water partition coefficient (Wildman–Crippen LogP) is 3.98. The van der Waals surface area contributed by atoms with E-state index in [1.807, 2.05) is 48.5 Å². The minimum Gasteiger partial charge on any atom is -0.315 e. The molecule has 2 rings (SSSR count). The maximum absolute atomic E-state index is 5.00. The van der Waals surface area contributed by atoms with E-state index in [4.69, 9.17) is 6.42 Å². The molecule has 0 aliphatic rings. The van der Waals surface area contributed by atoms with E-state index in [9.17, 15) is 0 Å². The Hall–Kier alpha value is -1.47. The smallest absolute Gasteiger partial charge is 0.0459 e. The molecule has 0 aromatic heterocycles. The fraction of sp³-hybridized carbons (Fsp3) is 0. The zero-order chi connectivity index (χ0) is 11.6. The summed E-state index contributed by atoms with van der Waals surface area (Å²) < 4.78 is 1.29. The second-order valence-electron chi connectivity index (χ2n) is 2.93. The Balaban J connectivity index is 0.000000165. The third-order valence-corrected chi connectivity index (χ3v) is 2.44. The van der Waals surface area contributed by atoms with Crippen LogP contribution in [0.2, 0.25) is 0 Å². The molecular formula is C14H12IN. The average molecular weight is 321 g/mol. The molecule has 0 saturated carbocycles. The molecule has 0 radical (unpaired) electrons. The molecule has 0 spiro atoms. The van der Waals surface area contributed by atoms with Gasteiger partial charge in [0.2, 0.25) is 0 Å². The van der Waals surface area contributed by atoms with E-state index >= 15 is 0 Å². The van der Waals surface area contributed by atoms with Gasteiger partial charge in [0.05, 0.1) is 0 Å². The number of anilines is 1. The Bertz CT molecular complexity index is 431. The number of rotatable bonds is 1. The quantitative estimate of drug-likeness (QED) is 0.476. The van der Waals surface area contributed by atoms with E-state index in [1.165, 1.54) is 3.57 Å². The van der Waals surface area contributed by atoms with Gasteiger partial charge in [0.15, 0.2) is 0 Å². The molecule has 2 aromatic carbocycles. The molecular weight excluding hydrogens is 309 g/mol. The number of halogens is 1. The summed E-state index contributed by atoms with van der Waals surface area (Å²) in [5, 5.41) is 2.74. The summed E-state index contributed by atoms with van der Waals surface area (Å²) in [6.07, 6.45) is 5.00. The van der Waals surface area contributed by atoms with Gasteiger partial charge in [0.1, 0.15) is 0 Å². The molecule has 0 unspecified atom stereocenters. The van der Waals surface area contributed by atoms with Crippen molar-refractivity contribution in [3.05, 3.63) is 64.2 Å². The summed E-state index contributed by atoms with van der Waals surface area (Å²) in [7, 11) is 0. The molecule has 0 bridgehead atoms. The van der Waals surface area contributed by atoms with E-state index in [1.54, 1.807) is 0 Å². The monoisotopic (exact) mass is 321 g/mol. The van der Waals surface area contributed by atoms with E-state index < -0.39 is 0 Å². The Kier molecular flexibility index (Phi) is 6.12. The highest BCUT2D eigenvalue weighted by Gasteiger charge is 1.80. The first-order chi connectivity index (χ1) is 7.83. The van der Waals surface area contributed by atoms with Crippen molar-refractivity contribution in [2.45, 2.75) is 0 Å². The lowest BCUT2D eigenvalue weighted by atomic mass is 10.3. The molecule has 0 saturated heterocycles. The Morgan fingerprint density at radius 2 is 1.38 bits per heavy atom. The van der Waals surface area contributed by atoms with Crippen molar-refractivity contribution in [1.82, 2.24) is 0 Å². The molecule has 2 aromatic rings. The summed E-state index contributed by atoms with van der Waals surface area (Å²) in [6.45, 7) is 0. The Morgan fingerprint density at radius 1 is 0.875 bits per heavy atom. The molecule has 0 aliphatic heterocycles. The second kappa shape index (κ2) is 7.77. The van der Waals surface area contributed by atoms with Crippen LogP contribution in [0, 0.1) is 16.0 Å². The summed E-state index contributed by atoms with van der Waals surface area (Å²) >= 11 is 2.28. The first-order valence-electron chi connectivity index (χ1n) is 4.80. The highest BCUT2D eigenvalue weighted by molar-refractivity contribution is 14.1. The van der Waals surface area contributed by atoms with Gasteiger partial charge in [0.25, 0.3) is 0 Å². The van der Waals surface area contributed by atoms with Crippen LogP contribution in [0.4, 0.5) is 5.69 Å². The second-order valence-corrected chi connectivity index (χ2v) is 4.18. The molecule has 80 valence electrons. The lowest BCUT2D eigenvalue weighted by Crippen LogP contribution is -1.83. The largest absolute Gasteiger partial charge is 0.315 e. The third kappa shape index (κ3) is 5.42. The van der Waals surface area contributed by atoms with Crippen LogP contribution >= 0.6 is 22.6 Å². The summed E-state index contributed by atoms with van der Waals surface area (Å²) in [5.74, 6) is 0. The molecule has 16 heavy (non-hydrogen) atoms. The SMILES string of the molecule is C#CNc1ccccc1.Ic1ccccc1. The fourth-order valence-electron chi connectivity index (χ4n) is 1.02. The highest BCUT2D eigenvalue weighted by Crippen LogP contribution is 2.02. The third-order valence-electron chi connectivity index (χ3n) is 1.72. The molecule has 0 aliphatic carbocycles. The number of nitrogens with one attached hydrogen (secondary N) is 1. The highest BCUT2D eigenvalue weighted by atomic mass is 127. The maximum atomic E-state index is 5.00. The van der Waals surface area contributed by atoms with Crippen LogP contribution < -0.4 is 5.32 Å². The molecule has 0 heterocycles. The van der Waals surface area contributed by atoms with Crippen molar-refractivity contribution in [2.24, 2.45) is 0 Å². The van der Waals surface area contributed by atoms with Crippen LogP contribution in [-0.4, -0.2) is 0 Å². The van der Waals surface area contributed by atoms with Crippen LogP contribution in [0.5, 0.6) is 0 Å². The summed E-state index contributed by atoms with van der Waals surface area (Å²) in [6, 6.07) is 22.2. The molecule has 1 N–H and O–H groups in total. The van der Waals surface area contributed by atoms with E-state index in [2.05, 4.69) is 46.1 Å². The van der Waals surface area contributed by atoms with Crippen LogP contribution in [0.1, 0.15) is 0 Å². The molecule has 0 fully saturated rings. The van der Waals surface area contributed by atoms with Gasteiger partial charge in [-0.3, -0.25) is 0 Å². The van der Waals surface area contributed by atoms with Gasteiger partial charge in [-0.05, 0) is 46.9 Å². The number of terminal acetylenes is 1. The van der Waals surface area contributed by atoms with Gasteiger partial charge in [-0.2, -0.15) is 0 Å². The zero-order valence-electron chi connectivity index (χ0n) is 8.73. The van der Waals surface area contributed by atoms with Gasteiger partial charge in [-0.1, -0.05) is 42.8 Å². The van der Waals surface area contributed by atoms with E-state index in [0.717, 1.165) is 5.69 Å². The van der Waals surface area contributed by atoms with Crippen molar-refractivity contribution in [1.29, 1.82) is 0 Å². The normalized spacial score (nSPS) is 8.25. The van der Waals surface area contributed by atoms with Crippen LogP contribution in [-0.2, 0) is 0 Å².